The molecular weight excluding hydrogens is 496 g/mol. The average Bonchev–Trinajstić information content (AvgIpc) is 3.24. The Morgan fingerprint density at radius 3 is 2.55 bits per heavy atom. The first-order chi connectivity index (χ1) is 14.0. The second-order valence-corrected chi connectivity index (χ2v) is 8.87. The molecule has 1 amide bonds. The number of fused-ring (bicyclic) bond motifs is 2. The minimum Gasteiger partial charge on any atom is -0.372 e. The topological polar surface area (TPSA) is 56.3 Å². The van der Waals surface area contributed by atoms with E-state index in [0.29, 0.717) is 23.4 Å². The van der Waals surface area contributed by atoms with Gasteiger partial charge in [-0.15, -0.1) is 0 Å². The average molecular weight is 512 g/mol. The molecule has 0 radical (unpaired) electrons. The van der Waals surface area contributed by atoms with E-state index >= 15 is 0 Å². The van der Waals surface area contributed by atoms with Crippen LogP contribution in [0.25, 0.3) is 10.9 Å². The molecule has 144 valence electrons. The summed E-state index contributed by atoms with van der Waals surface area (Å²) in [6.45, 7) is 0.361. The lowest BCUT2D eigenvalue weighted by Crippen LogP contribution is -2.40. The van der Waals surface area contributed by atoms with Crippen molar-refractivity contribution in [3.05, 3.63) is 98.6 Å². The molecule has 0 spiro atoms. The Morgan fingerprint density at radius 1 is 0.966 bits per heavy atom. The standard InChI is InChI=1S/C23H16Br2N2O2/c24-15-9-10-21-17(11-15)23(29,18-12-26-20-8-4-2-6-16(18)20)22(28)27(21)13-14-5-1-3-7-19(14)25/h1-12,26,29H,13H2/t23-/m1/s1. The molecule has 1 aliphatic rings. The van der Waals surface area contributed by atoms with Crippen LogP contribution in [0.15, 0.2) is 81.9 Å². The Kier molecular flexibility index (Phi) is 4.38. The lowest BCUT2D eigenvalue weighted by molar-refractivity contribution is -0.132. The largest absolute Gasteiger partial charge is 0.372 e. The predicted octanol–water partition coefficient (Wildman–Crippen LogP) is 5.48. The van der Waals surface area contributed by atoms with E-state index in [1.165, 1.54) is 0 Å². The molecule has 0 saturated carbocycles. The predicted molar refractivity (Wildman–Crippen MR) is 121 cm³/mol. The number of H-pyrrole nitrogens is 1. The molecule has 1 aromatic heterocycles. The van der Waals surface area contributed by atoms with Gasteiger partial charge >= 0.3 is 0 Å². The number of anilines is 1. The van der Waals surface area contributed by atoms with Gasteiger partial charge in [0.15, 0.2) is 5.60 Å². The summed E-state index contributed by atoms with van der Waals surface area (Å²) >= 11 is 7.05. The maximum absolute atomic E-state index is 13.7. The van der Waals surface area contributed by atoms with Crippen LogP contribution in [-0.4, -0.2) is 16.0 Å². The molecule has 3 aromatic carbocycles. The number of aromatic nitrogens is 1. The number of carbonyl (C=O) groups excluding carboxylic acids is 1. The molecular formula is C23H16Br2N2O2. The highest BCUT2D eigenvalue weighted by Gasteiger charge is 2.52. The van der Waals surface area contributed by atoms with Gasteiger partial charge in [0.05, 0.1) is 12.2 Å². The van der Waals surface area contributed by atoms with Crippen LogP contribution in [0, 0.1) is 0 Å². The van der Waals surface area contributed by atoms with E-state index in [9.17, 15) is 9.90 Å². The zero-order valence-electron chi connectivity index (χ0n) is 15.2. The Hall–Kier alpha value is -2.41. The van der Waals surface area contributed by atoms with Gasteiger partial charge in [-0.1, -0.05) is 68.3 Å². The van der Waals surface area contributed by atoms with Crippen LogP contribution in [0.5, 0.6) is 0 Å². The third kappa shape index (κ3) is 2.78. The van der Waals surface area contributed by atoms with Gasteiger partial charge < -0.3 is 15.0 Å². The van der Waals surface area contributed by atoms with Gasteiger partial charge in [0.2, 0.25) is 0 Å². The van der Waals surface area contributed by atoms with E-state index in [1.807, 2.05) is 66.7 Å². The van der Waals surface area contributed by atoms with Gasteiger partial charge in [0.1, 0.15) is 0 Å². The maximum Gasteiger partial charge on any atom is 0.268 e. The Bertz CT molecular complexity index is 1270. The number of amides is 1. The number of nitrogens with zero attached hydrogens (tertiary/aromatic N) is 1. The highest BCUT2D eigenvalue weighted by molar-refractivity contribution is 9.10. The molecule has 1 aliphatic heterocycles. The summed E-state index contributed by atoms with van der Waals surface area (Å²) in [5.74, 6) is -0.355. The van der Waals surface area contributed by atoms with Gasteiger partial charge in [-0.2, -0.15) is 0 Å². The monoisotopic (exact) mass is 510 g/mol. The van der Waals surface area contributed by atoms with Crippen molar-refractivity contribution in [2.75, 3.05) is 4.90 Å². The minimum atomic E-state index is -1.76. The van der Waals surface area contributed by atoms with E-state index in [4.69, 9.17) is 0 Å². The van der Waals surface area contributed by atoms with E-state index in [1.54, 1.807) is 11.1 Å². The van der Waals surface area contributed by atoms with Crippen LogP contribution in [-0.2, 0) is 16.9 Å². The van der Waals surface area contributed by atoms with Gasteiger partial charge in [0.25, 0.3) is 5.91 Å². The fourth-order valence-electron chi connectivity index (χ4n) is 4.04. The van der Waals surface area contributed by atoms with Crippen molar-refractivity contribution in [1.82, 2.24) is 4.98 Å². The molecule has 0 fully saturated rings. The highest BCUT2D eigenvalue weighted by Crippen LogP contribution is 2.48. The SMILES string of the molecule is O=C1N(Cc2ccccc2Br)c2ccc(Br)cc2[C@@]1(O)c1c[nH]c2ccccc12. The van der Waals surface area contributed by atoms with Crippen molar-refractivity contribution in [2.45, 2.75) is 12.1 Å². The van der Waals surface area contributed by atoms with Crippen LogP contribution in [0.2, 0.25) is 0 Å². The maximum atomic E-state index is 13.7. The van der Waals surface area contributed by atoms with Gasteiger partial charge in [0, 0.05) is 37.2 Å². The first kappa shape index (κ1) is 18.6. The number of para-hydroxylation sites is 1. The Morgan fingerprint density at radius 2 is 1.72 bits per heavy atom. The molecule has 2 heterocycles. The summed E-state index contributed by atoms with van der Waals surface area (Å²) < 4.78 is 1.74. The summed E-state index contributed by atoms with van der Waals surface area (Å²) in [6, 6.07) is 21.1. The molecule has 4 aromatic rings. The van der Waals surface area contributed by atoms with E-state index < -0.39 is 5.60 Å². The van der Waals surface area contributed by atoms with Crippen molar-refractivity contribution >= 4 is 54.4 Å². The molecule has 0 bridgehead atoms. The van der Waals surface area contributed by atoms with Gasteiger partial charge in [-0.25, -0.2) is 0 Å². The number of rotatable bonds is 3. The minimum absolute atomic E-state index is 0.355. The third-order valence-corrected chi connectivity index (χ3v) is 6.73. The highest BCUT2D eigenvalue weighted by atomic mass is 79.9. The lowest BCUT2D eigenvalue weighted by atomic mass is 9.87. The van der Waals surface area contributed by atoms with Crippen molar-refractivity contribution in [1.29, 1.82) is 0 Å². The van der Waals surface area contributed by atoms with Gasteiger partial charge in [-0.05, 0) is 35.9 Å². The second-order valence-electron chi connectivity index (χ2n) is 7.10. The number of aromatic amines is 1. The molecule has 6 heteroatoms. The molecule has 0 saturated heterocycles. The van der Waals surface area contributed by atoms with Crippen LogP contribution in [0.3, 0.4) is 0 Å². The van der Waals surface area contributed by atoms with Crippen LogP contribution < -0.4 is 4.90 Å². The summed E-state index contributed by atoms with van der Waals surface area (Å²) in [5.41, 5.74) is 1.94. The first-order valence-electron chi connectivity index (χ1n) is 9.14. The fraction of sp³-hybridized carbons (Fsp3) is 0.0870. The number of hydrogen-bond acceptors (Lipinski definition) is 2. The molecule has 1 atom stereocenters. The third-order valence-electron chi connectivity index (χ3n) is 5.46. The fourth-order valence-corrected chi connectivity index (χ4v) is 4.81. The number of nitrogens with one attached hydrogen (secondary N) is 1. The van der Waals surface area contributed by atoms with Crippen molar-refractivity contribution in [3.8, 4) is 0 Å². The number of halogens is 2. The normalized spacial score (nSPS) is 18.4. The summed E-state index contributed by atoms with van der Waals surface area (Å²) in [6.07, 6.45) is 1.73. The summed E-state index contributed by atoms with van der Waals surface area (Å²) in [4.78, 5) is 18.5. The number of benzene rings is 3. The zero-order valence-corrected chi connectivity index (χ0v) is 18.4. The van der Waals surface area contributed by atoms with E-state index in [0.717, 1.165) is 25.4 Å². The lowest BCUT2D eigenvalue weighted by Gasteiger charge is -2.23. The molecule has 0 aliphatic carbocycles. The van der Waals surface area contributed by atoms with Crippen LogP contribution >= 0.6 is 31.9 Å². The molecule has 29 heavy (non-hydrogen) atoms. The van der Waals surface area contributed by atoms with Crippen molar-refractivity contribution < 1.29 is 9.90 Å². The smallest absolute Gasteiger partial charge is 0.268 e. The molecule has 4 nitrogen and oxygen atoms in total. The second kappa shape index (κ2) is 6.83. The number of hydrogen-bond donors (Lipinski definition) is 2. The summed E-state index contributed by atoms with van der Waals surface area (Å²) in [5, 5.41) is 12.7. The number of carbonyl (C=O) groups is 1. The first-order valence-corrected chi connectivity index (χ1v) is 10.7. The summed E-state index contributed by atoms with van der Waals surface area (Å²) in [7, 11) is 0. The van der Waals surface area contributed by atoms with E-state index in [2.05, 4.69) is 36.8 Å². The van der Waals surface area contributed by atoms with Crippen LogP contribution in [0.1, 0.15) is 16.7 Å². The van der Waals surface area contributed by atoms with Crippen molar-refractivity contribution in [2.24, 2.45) is 0 Å². The van der Waals surface area contributed by atoms with Crippen molar-refractivity contribution in [3.63, 3.8) is 0 Å². The molecule has 5 rings (SSSR count). The zero-order chi connectivity index (χ0) is 20.2. The molecule has 0 unspecified atom stereocenters. The number of aliphatic hydroxyl groups is 1. The Balaban J connectivity index is 1.70. The van der Waals surface area contributed by atoms with Crippen LogP contribution in [0.4, 0.5) is 5.69 Å². The quantitative estimate of drug-likeness (QED) is 0.383. The molecule has 2 N–H and O–H groups in total. The van der Waals surface area contributed by atoms with E-state index in [-0.39, 0.29) is 5.91 Å². The Labute approximate surface area is 184 Å². The van der Waals surface area contributed by atoms with Gasteiger partial charge in [-0.3, -0.25) is 4.79 Å².